The molecule has 0 spiro atoms. The van der Waals surface area contributed by atoms with Crippen LogP contribution < -0.4 is 0 Å². The number of Topliss-reactive ketones (excluding diaryl/α,β-unsaturated/α-hetero) is 1. The van der Waals surface area contributed by atoms with Crippen LogP contribution in [0.2, 0.25) is 0 Å². The molecule has 0 aromatic rings. The average molecular weight is 380 g/mol. The molecule has 0 amide bonds. The minimum Gasteiger partial charge on any atom is -0.464 e. The van der Waals surface area contributed by atoms with Gasteiger partial charge in [0.25, 0.3) is 0 Å². The van der Waals surface area contributed by atoms with Crippen LogP contribution in [0.4, 0.5) is 0 Å². The zero-order chi connectivity index (χ0) is 19.8. The second-order valence-electron chi connectivity index (χ2n) is 7.50. The van der Waals surface area contributed by atoms with Crippen molar-refractivity contribution in [1.29, 1.82) is 0 Å². The van der Waals surface area contributed by atoms with Gasteiger partial charge >= 0.3 is 5.97 Å². The number of fused-ring (bicyclic) bond motifs is 1. The third-order valence-electron chi connectivity index (χ3n) is 5.65. The topological polar surface area (TPSA) is 93.1 Å². The summed E-state index contributed by atoms with van der Waals surface area (Å²) in [6.45, 7) is 4.15. The molecule has 2 rings (SSSR count). The Morgan fingerprint density at radius 3 is 2.74 bits per heavy atom. The Balaban J connectivity index is 1.73. The van der Waals surface area contributed by atoms with Gasteiger partial charge in [-0.1, -0.05) is 32.1 Å². The summed E-state index contributed by atoms with van der Waals surface area (Å²) in [6.07, 6.45) is 3.14. The minimum absolute atomic E-state index is 0.0196. The van der Waals surface area contributed by atoms with Crippen LogP contribution in [0, 0.1) is 35.5 Å². The lowest BCUT2D eigenvalue weighted by Crippen LogP contribution is -2.31. The molecule has 6 heteroatoms. The number of hydrogen-bond donors (Lipinski definition) is 2. The van der Waals surface area contributed by atoms with E-state index in [0.29, 0.717) is 25.9 Å². The highest BCUT2D eigenvalue weighted by Crippen LogP contribution is 2.61. The fourth-order valence-corrected chi connectivity index (χ4v) is 4.25. The fourth-order valence-electron chi connectivity index (χ4n) is 4.25. The summed E-state index contributed by atoms with van der Waals surface area (Å²) in [6, 6.07) is 0. The molecule has 2 N–H and O–H groups in total. The normalized spacial score (nSPS) is 28.1. The first kappa shape index (κ1) is 21.9. The number of carbonyl (C=O) groups is 2. The molecular weight excluding hydrogens is 348 g/mol. The zero-order valence-corrected chi connectivity index (χ0v) is 16.4. The van der Waals surface area contributed by atoms with Crippen LogP contribution in [0.5, 0.6) is 0 Å². The van der Waals surface area contributed by atoms with Crippen molar-refractivity contribution in [3.05, 3.63) is 0 Å². The highest BCUT2D eigenvalue weighted by atomic mass is 16.6. The van der Waals surface area contributed by atoms with Crippen LogP contribution in [-0.4, -0.2) is 54.0 Å². The molecule has 2 fully saturated rings. The van der Waals surface area contributed by atoms with Gasteiger partial charge in [-0.05, 0) is 31.1 Å². The number of unbranched alkanes of at least 4 members (excludes halogenated alkanes) is 2. The molecule has 2 aliphatic rings. The maximum Gasteiger partial charge on any atom is 0.332 e. The van der Waals surface area contributed by atoms with Gasteiger partial charge in [0.2, 0.25) is 0 Å². The van der Waals surface area contributed by atoms with Crippen LogP contribution in [-0.2, 0) is 19.1 Å². The van der Waals surface area contributed by atoms with Crippen molar-refractivity contribution in [2.24, 2.45) is 23.7 Å². The molecule has 0 aromatic heterocycles. The lowest BCUT2D eigenvalue weighted by Gasteiger charge is -2.20. The van der Waals surface area contributed by atoms with Crippen LogP contribution in [0.1, 0.15) is 52.4 Å². The van der Waals surface area contributed by atoms with Crippen LogP contribution in [0.3, 0.4) is 0 Å². The molecular formula is C21H32O6. The molecule has 0 heterocycles. The Morgan fingerprint density at radius 1 is 1.26 bits per heavy atom. The van der Waals surface area contributed by atoms with Gasteiger partial charge in [-0.25, -0.2) is 4.79 Å². The number of rotatable bonds is 11. The monoisotopic (exact) mass is 380 g/mol. The molecule has 2 aliphatic carbocycles. The van der Waals surface area contributed by atoms with E-state index in [1.807, 2.05) is 0 Å². The first-order valence-corrected chi connectivity index (χ1v) is 10.1. The summed E-state index contributed by atoms with van der Waals surface area (Å²) >= 11 is 0. The number of ketones is 1. The lowest BCUT2D eigenvalue weighted by molar-refractivity contribution is -0.147. The van der Waals surface area contributed by atoms with Crippen molar-refractivity contribution < 1.29 is 29.3 Å². The van der Waals surface area contributed by atoms with E-state index in [2.05, 4.69) is 18.8 Å². The van der Waals surface area contributed by atoms with Crippen molar-refractivity contribution in [3.8, 4) is 11.8 Å². The molecule has 0 aromatic carbocycles. The number of ether oxygens (including phenoxy) is 2. The van der Waals surface area contributed by atoms with E-state index in [1.165, 1.54) is 0 Å². The first-order chi connectivity index (χ1) is 13.0. The Morgan fingerprint density at radius 2 is 2.04 bits per heavy atom. The number of aliphatic hydroxyl groups excluding tert-OH is 2. The predicted molar refractivity (Wildman–Crippen MR) is 99.6 cm³/mol. The highest BCUT2D eigenvalue weighted by molar-refractivity contribution is 5.86. The first-order valence-electron chi connectivity index (χ1n) is 10.1. The van der Waals surface area contributed by atoms with Crippen molar-refractivity contribution in [1.82, 2.24) is 0 Å². The average Bonchev–Trinajstić information content (AvgIpc) is 3.23. The molecule has 27 heavy (non-hydrogen) atoms. The van der Waals surface area contributed by atoms with Crippen LogP contribution in [0.15, 0.2) is 0 Å². The molecule has 0 saturated heterocycles. The highest BCUT2D eigenvalue weighted by Gasteiger charge is 2.64. The summed E-state index contributed by atoms with van der Waals surface area (Å²) < 4.78 is 9.85. The van der Waals surface area contributed by atoms with Crippen molar-refractivity contribution in [2.75, 3.05) is 19.8 Å². The maximum absolute atomic E-state index is 12.1. The van der Waals surface area contributed by atoms with Crippen molar-refractivity contribution in [2.45, 2.75) is 64.6 Å². The molecule has 6 nitrogen and oxygen atoms in total. The third-order valence-corrected chi connectivity index (χ3v) is 5.65. The molecule has 6 unspecified atom stereocenters. The van der Waals surface area contributed by atoms with E-state index in [1.54, 1.807) is 6.92 Å². The maximum atomic E-state index is 12.1. The third kappa shape index (κ3) is 6.03. The molecule has 152 valence electrons. The largest absolute Gasteiger partial charge is 0.464 e. The van der Waals surface area contributed by atoms with E-state index >= 15 is 0 Å². The van der Waals surface area contributed by atoms with Gasteiger partial charge in [0.1, 0.15) is 19.0 Å². The quantitative estimate of drug-likeness (QED) is 0.322. The predicted octanol–water partition coefficient (Wildman–Crippen LogP) is 1.71. The Hall–Kier alpha value is -1.42. The summed E-state index contributed by atoms with van der Waals surface area (Å²) in [5.74, 6) is 5.77. The van der Waals surface area contributed by atoms with E-state index < -0.39 is 18.2 Å². The van der Waals surface area contributed by atoms with Crippen LogP contribution >= 0.6 is 0 Å². The smallest absolute Gasteiger partial charge is 0.332 e. The second-order valence-corrected chi connectivity index (χ2v) is 7.50. The number of hydrogen-bond acceptors (Lipinski definition) is 6. The lowest BCUT2D eigenvalue weighted by atomic mass is 9.91. The van der Waals surface area contributed by atoms with Gasteiger partial charge in [0.15, 0.2) is 0 Å². The summed E-state index contributed by atoms with van der Waals surface area (Å²) in [7, 11) is 0. The van der Waals surface area contributed by atoms with E-state index in [9.17, 15) is 19.8 Å². The van der Waals surface area contributed by atoms with Crippen molar-refractivity contribution >= 4 is 11.8 Å². The second kappa shape index (κ2) is 10.8. The van der Waals surface area contributed by atoms with E-state index in [0.717, 1.165) is 19.3 Å². The molecule has 0 radical (unpaired) electrons. The zero-order valence-electron chi connectivity index (χ0n) is 16.4. The minimum atomic E-state index is -0.742. The van der Waals surface area contributed by atoms with E-state index in [-0.39, 0.29) is 42.7 Å². The van der Waals surface area contributed by atoms with Gasteiger partial charge in [-0.3, -0.25) is 4.79 Å². The molecule has 2 saturated carbocycles. The summed E-state index contributed by atoms with van der Waals surface area (Å²) in [4.78, 5) is 23.3. The molecule has 0 bridgehead atoms. The fraction of sp³-hybridized carbons (Fsp3) is 0.810. The number of esters is 1. The Labute approximate surface area is 161 Å². The standard InChI is InChI=1S/C21H32O6/c1-3-5-6-10-16(22)21(25)20-15-12-17(23)14(19(15)20)9-7-8-11-26-13-18(24)27-4-2/h14-16,19-22,25H,3-6,9-13H2,1-2H3. The number of carbonyl (C=O) groups excluding carboxylic acids is 2. The Bertz CT molecular complexity index is 563. The van der Waals surface area contributed by atoms with Crippen molar-refractivity contribution in [3.63, 3.8) is 0 Å². The van der Waals surface area contributed by atoms with Gasteiger partial charge in [-0.2, -0.15) is 0 Å². The Kier molecular flexibility index (Phi) is 8.75. The van der Waals surface area contributed by atoms with Gasteiger partial charge in [-0.15, -0.1) is 5.92 Å². The molecule has 6 atom stereocenters. The molecule has 0 aliphatic heterocycles. The number of aliphatic hydroxyl groups is 2. The van der Waals surface area contributed by atoms with Crippen LogP contribution in [0.25, 0.3) is 0 Å². The van der Waals surface area contributed by atoms with E-state index in [4.69, 9.17) is 9.47 Å². The summed E-state index contributed by atoms with van der Waals surface area (Å²) in [5.41, 5.74) is 0. The van der Waals surface area contributed by atoms with Gasteiger partial charge < -0.3 is 19.7 Å². The van der Waals surface area contributed by atoms with Gasteiger partial charge in [0, 0.05) is 18.8 Å². The van der Waals surface area contributed by atoms with Gasteiger partial charge in [0.05, 0.1) is 18.8 Å². The summed E-state index contributed by atoms with van der Waals surface area (Å²) in [5, 5.41) is 20.6. The SMILES string of the molecule is CCCCCC(O)C(O)C1C2CC(=O)C(CC#CCOCC(=O)OCC)C21.